The number of pyridine rings is 1. The van der Waals surface area contributed by atoms with Crippen LogP contribution in [0.15, 0.2) is 24.5 Å². The lowest BCUT2D eigenvalue weighted by atomic mass is 9.91. The molecule has 20 heavy (non-hydrogen) atoms. The fourth-order valence-electron chi connectivity index (χ4n) is 2.72. The predicted octanol–water partition coefficient (Wildman–Crippen LogP) is 2.72. The number of hydrogen-bond donors (Lipinski definition) is 1. The summed E-state index contributed by atoms with van der Waals surface area (Å²) >= 11 is 6.00. The minimum Gasteiger partial charge on any atom is -0.396 e. The molecular weight excluding hydrogens is 274 g/mol. The second-order valence-corrected chi connectivity index (χ2v) is 5.91. The van der Waals surface area contributed by atoms with Crippen LogP contribution in [0, 0.1) is 0 Å². The van der Waals surface area contributed by atoms with Crippen LogP contribution in [0.1, 0.15) is 31.4 Å². The summed E-state index contributed by atoms with van der Waals surface area (Å²) in [5.41, 5.74) is 2.00. The summed E-state index contributed by atoms with van der Waals surface area (Å²) in [6.07, 6.45) is 8.62. The Morgan fingerprint density at radius 1 is 1.35 bits per heavy atom. The van der Waals surface area contributed by atoms with Gasteiger partial charge in [-0.3, -0.25) is 4.90 Å². The summed E-state index contributed by atoms with van der Waals surface area (Å²) in [7, 11) is 0. The van der Waals surface area contributed by atoms with Crippen LogP contribution in [-0.2, 0) is 6.54 Å². The van der Waals surface area contributed by atoms with Gasteiger partial charge in [0.2, 0.25) is 0 Å². The molecular formula is C15H20ClN3O. The Balaban J connectivity index is 1.74. The van der Waals surface area contributed by atoms with Gasteiger partial charge in [0.1, 0.15) is 5.65 Å². The molecule has 0 spiro atoms. The van der Waals surface area contributed by atoms with E-state index in [4.69, 9.17) is 16.7 Å². The van der Waals surface area contributed by atoms with E-state index in [2.05, 4.69) is 9.88 Å². The second-order valence-electron chi connectivity index (χ2n) is 5.48. The maximum absolute atomic E-state index is 9.04. The minimum absolute atomic E-state index is 0.254. The number of aromatic nitrogens is 2. The summed E-state index contributed by atoms with van der Waals surface area (Å²) in [5, 5.41) is 9.76. The van der Waals surface area contributed by atoms with Crippen LogP contribution in [0.25, 0.3) is 5.65 Å². The summed E-state index contributed by atoms with van der Waals surface area (Å²) < 4.78 is 1.97. The first-order chi connectivity index (χ1) is 9.76. The molecule has 4 nitrogen and oxygen atoms in total. The lowest BCUT2D eigenvalue weighted by molar-refractivity contribution is 0.108. The van der Waals surface area contributed by atoms with E-state index in [0.717, 1.165) is 35.9 Å². The lowest BCUT2D eigenvalue weighted by Gasteiger charge is -2.37. The van der Waals surface area contributed by atoms with Crippen molar-refractivity contribution >= 4 is 17.2 Å². The van der Waals surface area contributed by atoms with E-state index in [1.54, 1.807) is 0 Å². The zero-order valence-corrected chi connectivity index (χ0v) is 12.3. The summed E-state index contributed by atoms with van der Waals surface area (Å²) in [5.74, 6) is 0. The molecule has 0 atom stereocenters. The van der Waals surface area contributed by atoms with Crippen molar-refractivity contribution in [1.29, 1.82) is 0 Å². The third-order valence-corrected chi connectivity index (χ3v) is 4.25. The van der Waals surface area contributed by atoms with Crippen molar-refractivity contribution in [2.45, 2.75) is 38.3 Å². The standard InChI is InChI=1S/C15H20ClN3O/c16-12-5-6-15-17-13(11-19(15)9-12)10-18(7-2-8-20)14-3-1-4-14/h5-6,9,11,14,20H,1-4,7-8,10H2. The summed E-state index contributed by atoms with van der Waals surface area (Å²) in [6.45, 7) is 2.05. The zero-order chi connectivity index (χ0) is 13.9. The largest absolute Gasteiger partial charge is 0.396 e. The van der Waals surface area contributed by atoms with Crippen LogP contribution in [-0.4, -0.2) is 38.6 Å². The highest BCUT2D eigenvalue weighted by atomic mass is 35.5. The Morgan fingerprint density at radius 3 is 2.90 bits per heavy atom. The highest BCUT2D eigenvalue weighted by molar-refractivity contribution is 6.30. The Kier molecular flexibility index (Phi) is 4.24. The van der Waals surface area contributed by atoms with E-state index in [-0.39, 0.29) is 6.61 Å². The monoisotopic (exact) mass is 293 g/mol. The number of fused-ring (bicyclic) bond motifs is 1. The van der Waals surface area contributed by atoms with E-state index < -0.39 is 0 Å². The molecule has 0 saturated heterocycles. The molecule has 1 fully saturated rings. The van der Waals surface area contributed by atoms with Gasteiger partial charge < -0.3 is 9.51 Å². The fourth-order valence-corrected chi connectivity index (χ4v) is 2.89. The molecule has 2 aromatic heterocycles. The van der Waals surface area contributed by atoms with Crippen molar-refractivity contribution < 1.29 is 5.11 Å². The van der Waals surface area contributed by atoms with Gasteiger partial charge in [0.15, 0.2) is 0 Å². The highest BCUT2D eigenvalue weighted by Gasteiger charge is 2.25. The molecule has 1 aliphatic rings. The minimum atomic E-state index is 0.254. The van der Waals surface area contributed by atoms with Crippen LogP contribution >= 0.6 is 11.6 Å². The number of aliphatic hydroxyl groups excluding tert-OH is 1. The average Bonchev–Trinajstić information content (AvgIpc) is 2.75. The molecule has 0 aliphatic heterocycles. The van der Waals surface area contributed by atoms with Gasteiger partial charge in [-0.05, 0) is 31.4 Å². The predicted molar refractivity (Wildman–Crippen MR) is 80.0 cm³/mol. The van der Waals surface area contributed by atoms with Crippen LogP contribution < -0.4 is 0 Å². The van der Waals surface area contributed by atoms with Crippen molar-refractivity contribution in [2.75, 3.05) is 13.2 Å². The zero-order valence-electron chi connectivity index (χ0n) is 11.5. The number of halogens is 1. The quantitative estimate of drug-likeness (QED) is 0.890. The first kappa shape index (κ1) is 13.9. The first-order valence-electron chi connectivity index (χ1n) is 7.24. The number of hydrogen-bond acceptors (Lipinski definition) is 3. The van der Waals surface area contributed by atoms with Gasteiger partial charge >= 0.3 is 0 Å². The van der Waals surface area contributed by atoms with Gasteiger partial charge in [0.05, 0.1) is 10.7 Å². The SMILES string of the molecule is OCCCN(Cc1cn2cc(Cl)ccc2n1)C1CCC1. The van der Waals surface area contributed by atoms with Gasteiger partial charge in [0.25, 0.3) is 0 Å². The van der Waals surface area contributed by atoms with Gasteiger partial charge in [-0.2, -0.15) is 0 Å². The molecule has 1 saturated carbocycles. The summed E-state index contributed by atoms with van der Waals surface area (Å²) in [6, 6.07) is 4.46. The van der Waals surface area contributed by atoms with Gasteiger partial charge in [0, 0.05) is 38.1 Å². The molecule has 2 heterocycles. The van der Waals surface area contributed by atoms with E-state index >= 15 is 0 Å². The highest BCUT2D eigenvalue weighted by Crippen LogP contribution is 2.26. The van der Waals surface area contributed by atoms with Gasteiger partial charge in [-0.25, -0.2) is 4.98 Å². The van der Waals surface area contributed by atoms with Gasteiger partial charge in [-0.15, -0.1) is 0 Å². The number of rotatable bonds is 6. The Labute approximate surface area is 124 Å². The first-order valence-corrected chi connectivity index (χ1v) is 7.62. The second kappa shape index (κ2) is 6.12. The molecule has 0 aromatic carbocycles. The average molecular weight is 294 g/mol. The van der Waals surface area contributed by atoms with E-state index in [1.807, 2.05) is 28.9 Å². The Bertz CT molecular complexity index is 580. The number of aliphatic hydroxyl groups is 1. The smallest absolute Gasteiger partial charge is 0.137 e. The molecule has 0 radical (unpaired) electrons. The van der Waals surface area contributed by atoms with E-state index in [9.17, 15) is 0 Å². The molecule has 108 valence electrons. The van der Waals surface area contributed by atoms with E-state index in [0.29, 0.717) is 6.04 Å². The van der Waals surface area contributed by atoms with Crippen LogP contribution in [0.3, 0.4) is 0 Å². The van der Waals surface area contributed by atoms with E-state index in [1.165, 1.54) is 19.3 Å². The Hall–Kier alpha value is -1.10. The molecule has 0 amide bonds. The van der Waals surface area contributed by atoms with Crippen LogP contribution in [0.2, 0.25) is 5.02 Å². The fraction of sp³-hybridized carbons (Fsp3) is 0.533. The number of imidazole rings is 1. The Morgan fingerprint density at radius 2 is 2.20 bits per heavy atom. The van der Waals surface area contributed by atoms with Crippen molar-refractivity contribution in [3.05, 3.63) is 35.2 Å². The van der Waals surface area contributed by atoms with Crippen molar-refractivity contribution in [2.24, 2.45) is 0 Å². The molecule has 3 rings (SSSR count). The third kappa shape index (κ3) is 2.97. The molecule has 1 N–H and O–H groups in total. The summed E-state index contributed by atoms with van der Waals surface area (Å²) in [4.78, 5) is 7.09. The molecule has 0 bridgehead atoms. The van der Waals surface area contributed by atoms with Crippen LogP contribution in [0.5, 0.6) is 0 Å². The van der Waals surface area contributed by atoms with Crippen molar-refractivity contribution in [3.63, 3.8) is 0 Å². The lowest BCUT2D eigenvalue weighted by Crippen LogP contribution is -2.40. The molecule has 2 aromatic rings. The normalized spacial score (nSPS) is 15.9. The van der Waals surface area contributed by atoms with Crippen molar-refractivity contribution in [1.82, 2.24) is 14.3 Å². The van der Waals surface area contributed by atoms with Crippen LogP contribution in [0.4, 0.5) is 0 Å². The number of nitrogens with zero attached hydrogens (tertiary/aromatic N) is 3. The maximum atomic E-state index is 9.04. The molecule has 0 unspecified atom stereocenters. The molecule has 5 heteroatoms. The molecule has 1 aliphatic carbocycles. The maximum Gasteiger partial charge on any atom is 0.137 e. The third-order valence-electron chi connectivity index (χ3n) is 4.02. The topological polar surface area (TPSA) is 40.8 Å². The van der Waals surface area contributed by atoms with Gasteiger partial charge in [-0.1, -0.05) is 18.0 Å². The van der Waals surface area contributed by atoms with Crippen molar-refractivity contribution in [3.8, 4) is 0 Å².